The van der Waals surface area contributed by atoms with Crippen LogP contribution in [-0.4, -0.2) is 23.7 Å². The summed E-state index contributed by atoms with van der Waals surface area (Å²) in [5.41, 5.74) is 1.13. The molecular formula is C23H20Cl2N2O3S. The van der Waals surface area contributed by atoms with Crippen LogP contribution in [0.3, 0.4) is 0 Å². The Labute approximate surface area is 195 Å². The normalized spacial score (nSPS) is 11.5. The van der Waals surface area contributed by atoms with Gasteiger partial charge in [0.05, 0.1) is 16.0 Å². The highest BCUT2D eigenvalue weighted by atomic mass is 35.5. The fourth-order valence-corrected chi connectivity index (χ4v) is 3.97. The minimum absolute atomic E-state index is 0.0952. The van der Waals surface area contributed by atoms with Gasteiger partial charge in [0, 0.05) is 15.6 Å². The zero-order valence-corrected chi connectivity index (χ0v) is 18.9. The van der Waals surface area contributed by atoms with E-state index in [0.717, 1.165) is 4.90 Å². The molecule has 0 saturated carbocycles. The van der Waals surface area contributed by atoms with Crippen molar-refractivity contribution in [3.05, 3.63) is 82.8 Å². The summed E-state index contributed by atoms with van der Waals surface area (Å²) in [5.74, 6) is 0.164. The number of hydrogen-bond acceptors (Lipinski definition) is 4. The Bertz CT molecular complexity index is 1060. The second-order valence-electron chi connectivity index (χ2n) is 6.55. The third-order valence-corrected chi connectivity index (χ3v) is 5.74. The molecule has 0 saturated heterocycles. The van der Waals surface area contributed by atoms with E-state index in [4.69, 9.17) is 27.9 Å². The fourth-order valence-electron chi connectivity index (χ4n) is 2.59. The largest absolute Gasteiger partial charge is 0.484 e. The van der Waals surface area contributed by atoms with E-state index in [9.17, 15) is 9.59 Å². The van der Waals surface area contributed by atoms with E-state index in [1.807, 2.05) is 36.4 Å². The number of benzene rings is 3. The molecule has 0 aromatic heterocycles. The first-order valence-electron chi connectivity index (χ1n) is 9.41. The van der Waals surface area contributed by atoms with Crippen LogP contribution >= 0.6 is 35.0 Å². The van der Waals surface area contributed by atoms with E-state index in [-0.39, 0.29) is 23.7 Å². The van der Waals surface area contributed by atoms with Crippen molar-refractivity contribution in [3.8, 4) is 5.75 Å². The molecule has 0 aliphatic carbocycles. The van der Waals surface area contributed by atoms with E-state index in [1.54, 1.807) is 43.3 Å². The Hall–Kier alpha value is -2.67. The molecule has 31 heavy (non-hydrogen) atoms. The molecule has 2 amide bonds. The zero-order valence-electron chi connectivity index (χ0n) is 16.6. The third-order valence-electron chi connectivity index (χ3n) is 4.10. The summed E-state index contributed by atoms with van der Waals surface area (Å²) in [5, 5.41) is 6.08. The van der Waals surface area contributed by atoms with Gasteiger partial charge in [-0.1, -0.05) is 47.5 Å². The van der Waals surface area contributed by atoms with Crippen LogP contribution < -0.4 is 15.4 Å². The average Bonchev–Trinajstić information content (AvgIpc) is 2.75. The van der Waals surface area contributed by atoms with E-state index in [2.05, 4.69) is 10.6 Å². The van der Waals surface area contributed by atoms with Gasteiger partial charge >= 0.3 is 0 Å². The number of carbonyl (C=O) groups excluding carboxylic acids is 2. The molecule has 1 unspecified atom stereocenters. The number of thioether (sulfide) groups is 1. The van der Waals surface area contributed by atoms with Gasteiger partial charge in [0.15, 0.2) is 6.61 Å². The summed E-state index contributed by atoms with van der Waals surface area (Å²) in [6.07, 6.45) is 0. The summed E-state index contributed by atoms with van der Waals surface area (Å²) < 4.78 is 5.45. The lowest BCUT2D eigenvalue weighted by molar-refractivity contribution is -0.118. The predicted molar refractivity (Wildman–Crippen MR) is 127 cm³/mol. The second-order valence-corrected chi connectivity index (χ2v) is 8.81. The lowest BCUT2D eigenvalue weighted by atomic mass is 10.3. The maximum atomic E-state index is 12.5. The van der Waals surface area contributed by atoms with Crippen molar-refractivity contribution in [3.63, 3.8) is 0 Å². The first-order valence-corrected chi connectivity index (χ1v) is 11.0. The topological polar surface area (TPSA) is 67.4 Å². The molecular weight excluding hydrogens is 455 g/mol. The van der Waals surface area contributed by atoms with Crippen molar-refractivity contribution in [1.82, 2.24) is 0 Å². The van der Waals surface area contributed by atoms with Gasteiger partial charge in [-0.25, -0.2) is 0 Å². The maximum absolute atomic E-state index is 12.5. The lowest BCUT2D eigenvalue weighted by Gasteiger charge is -2.14. The van der Waals surface area contributed by atoms with Gasteiger partial charge in [-0.2, -0.15) is 0 Å². The van der Waals surface area contributed by atoms with Crippen LogP contribution in [0.25, 0.3) is 0 Å². The zero-order chi connectivity index (χ0) is 22.2. The monoisotopic (exact) mass is 474 g/mol. The van der Waals surface area contributed by atoms with E-state index >= 15 is 0 Å². The lowest BCUT2D eigenvalue weighted by Crippen LogP contribution is -2.22. The highest BCUT2D eigenvalue weighted by molar-refractivity contribution is 8.00. The fraction of sp³-hybridized carbons (Fsp3) is 0.130. The minimum atomic E-state index is -0.390. The average molecular weight is 475 g/mol. The van der Waals surface area contributed by atoms with Crippen LogP contribution in [0.5, 0.6) is 5.75 Å². The summed E-state index contributed by atoms with van der Waals surface area (Å²) >= 11 is 13.4. The van der Waals surface area contributed by atoms with Crippen molar-refractivity contribution in [1.29, 1.82) is 0 Å². The Morgan fingerprint density at radius 2 is 1.74 bits per heavy atom. The number of carbonyl (C=O) groups is 2. The molecule has 0 radical (unpaired) electrons. The molecule has 0 aliphatic heterocycles. The molecule has 0 heterocycles. The molecule has 160 valence electrons. The third kappa shape index (κ3) is 7.21. The summed E-state index contributed by atoms with van der Waals surface area (Å²) in [6.45, 7) is 1.70. The molecule has 3 aromatic carbocycles. The quantitative estimate of drug-likeness (QED) is 0.385. The molecule has 3 aromatic rings. The van der Waals surface area contributed by atoms with Crippen molar-refractivity contribution < 1.29 is 14.3 Å². The van der Waals surface area contributed by atoms with Gasteiger partial charge in [-0.3, -0.25) is 9.59 Å². The number of ether oxygens (including phenoxy) is 1. The standard InChI is InChI=1S/C23H20Cl2N2O3S/c1-15(23(29)27-21-11-10-16(24)12-20(21)25)31-19-9-5-6-17(13-19)26-22(28)14-30-18-7-3-2-4-8-18/h2-13,15H,14H2,1H3,(H,26,28)(H,27,29). The van der Waals surface area contributed by atoms with Crippen LogP contribution in [-0.2, 0) is 9.59 Å². The Kier molecular flexibility index (Phi) is 8.23. The molecule has 0 spiro atoms. The Morgan fingerprint density at radius 1 is 0.968 bits per heavy atom. The summed E-state index contributed by atoms with van der Waals surface area (Å²) in [7, 11) is 0. The molecule has 3 rings (SSSR count). The van der Waals surface area contributed by atoms with Crippen molar-refractivity contribution in [2.75, 3.05) is 17.2 Å². The number of para-hydroxylation sites is 1. The number of nitrogens with one attached hydrogen (secondary N) is 2. The van der Waals surface area contributed by atoms with Gasteiger partial charge in [-0.15, -0.1) is 11.8 Å². The maximum Gasteiger partial charge on any atom is 0.262 e. The van der Waals surface area contributed by atoms with Crippen molar-refractivity contribution >= 4 is 58.2 Å². The smallest absolute Gasteiger partial charge is 0.262 e. The first kappa shape index (κ1) is 23.0. The molecule has 5 nitrogen and oxygen atoms in total. The van der Waals surface area contributed by atoms with Gasteiger partial charge in [0.25, 0.3) is 5.91 Å². The van der Waals surface area contributed by atoms with E-state index in [0.29, 0.717) is 27.2 Å². The number of rotatable bonds is 8. The van der Waals surface area contributed by atoms with Crippen molar-refractivity contribution in [2.24, 2.45) is 0 Å². The van der Waals surface area contributed by atoms with Crippen LogP contribution in [0.1, 0.15) is 6.92 Å². The molecule has 8 heteroatoms. The summed E-state index contributed by atoms with van der Waals surface area (Å²) in [4.78, 5) is 25.5. The number of amides is 2. The summed E-state index contributed by atoms with van der Waals surface area (Å²) in [6, 6.07) is 21.3. The minimum Gasteiger partial charge on any atom is -0.484 e. The highest BCUT2D eigenvalue weighted by Gasteiger charge is 2.16. The number of hydrogen-bond donors (Lipinski definition) is 2. The highest BCUT2D eigenvalue weighted by Crippen LogP contribution is 2.29. The van der Waals surface area contributed by atoms with Gasteiger partial charge in [-0.05, 0) is 55.5 Å². The predicted octanol–water partition coefficient (Wildman–Crippen LogP) is 6.13. The van der Waals surface area contributed by atoms with Gasteiger partial charge in [0.2, 0.25) is 5.91 Å². The van der Waals surface area contributed by atoms with Gasteiger partial charge < -0.3 is 15.4 Å². The van der Waals surface area contributed by atoms with E-state index < -0.39 is 0 Å². The first-order chi connectivity index (χ1) is 14.9. The van der Waals surface area contributed by atoms with Gasteiger partial charge in [0.1, 0.15) is 5.75 Å². The Morgan fingerprint density at radius 3 is 2.48 bits per heavy atom. The second kappa shape index (κ2) is 11.1. The van der Waals surface area contributed by atoms with Crippen molar-refractivity contribution in [2.45, 2.75) is 17.1 Å². The molecule has 0 aliphatic rings. The molecule has 1 atom stereocenters. The van der Waals surface area contributed by atoms with Crippen LogP contribution in [0.4, 0.5) is 11.4 Å². The molecule has 0 bridgehead atoms. The Balaban J connectivity index is 1.54. The van der Waals surface area contributed by atoms with E-state index in [1.165, 1.54) is 11.8 Å². The number of anilines is 2. The van der Waals surface area contributed by atoms with Crippen LogP contribution in [0.15, 0.2) is 77.7 Å². The van der Waals surface area contributed by atoms with Crippen LogP contribution in [0.2, 0.25) is 10.0 Å². The van der Waals surface area contributed by atoms with Crippen LogP contribution in [0, 0.1) is 0 Å². The molecule has 2 N–H and O–H groups in total. The molecule has 0 fully saturated rings. The SMILES string of the molecule is CC(Sc1cccc(NC(=O)COc2ccccc2)c1)C(=O)Nc1ccc(Cl)cc1Cl. The number of halogens is 2.